The molecule has 0 radical (unpaired) electrons. The van der Waals surface area contributed by atoms with Crippen molar-refractivity contribution in [1.82, 2.24) is 0 Å². The van der Waals surface area contributed by atoms with E-state index < -0.39 is 17.7 Å². The lowest BCUT2D eigenvalue weighted by molar-refractivity contribution is -0.939. The Labute approximate surface area is 205 Å². The largest absolute Gasteiger partial charge is 0.351 e. The van der Waals surface area contributed by atoms with Gasteiger partial charge in [0.25, 0.3) is 0 Å². The second-order valence-corrected chi connectivity index (χ2v) is 8.99. The van der Waals surface area contributed by atoms with Crippen LogP contribution in [0.4, 0.5) is 19.3 Å². The van der Waals surface area contributed by atoms with Crippen molar-refractivity contribution in [3.63, 3.8) is 0 Å². The lowest BCUT2D eigenvalue weighted by Crippen LogP contribution is -2.50. The number of nitrogens with two attached hydrogens (primary N) is 1. The third kappa shape index (κ3) is 7.02. The Kier molecular flexibility index (Phi) is 9.02. The monoisotopic (exact) mass is 486 g/mol. The number of likely N-dealkylation sites (N-methyl/N-ethyl adjacent to an activating group) is 1. The highest BCUT2D eigenvalue weighted by molar-refractivity contribution is 6.30. The van der Waals surface area contributed by atoms with E-state index in [1.54, 1.807) is 4.90 Å². The van der Waals surface area contributed by atoms with Crippen molar-refractivity contribution >= 4 is 23.3 Å². The van der Waals surface area contributed by atoms with E-state index in [4.69, 9.17) is 17.3 Å². The average molecular weight is 487 g/mol. The van der Waals surface area contributed by atoms with E-state index in [-0.39, 0.29) is 0 Å². The average Bonchev–Trinajstić information content (AvgIpc) is 2.83. The number of carbonyl (C=O) groups excluding carboxylic acids is 1. The minimum atomic E-state index is -0.516. The van der Waals surface area contributed by atoms with Crippen LogP contribution in [0, 0.1) is 11.6 Å². The van der Waals surface area contributed by atoms with Crippen molar-refractivity contribution in [2.45, 2.75) is 26.3 Å². The van der Waals surface area contributed by atoms with E-state index in [1.807, 2.05) is 54.6 Å². The van der Waals surface area contributed by atoms with E-state index in [0.717, 1.165) is 36.8 Å². The molecule has 0 saturated carbocycles. The molecule has 0 aliphatic carbocycles. The molecule has 0 aliphatic rings. The molecule has 0 heterocycles. The Bertz CT molecular complexity index is 1080. The van der Waals surface area contributed by atoms with Gasteiger partial charge in [0.15, 0.2) is 0 Å². The number of amides is 2. The van der Waals surface area contributed by atoms with Crippen molar-refractivity contribution in [3.8, 4) is 0 Å². The van der Waals surface area contributed by atoms with Crippen LogP contribution in [0.5, 0.6) is 0 Å². The van der Waals surface area contributed by atoms with Crippen LogP contribution in [0.25, 0.3) is 0 Å². The molecular weight excluding hydrogens is 456 g/mol. The summed E-state index contributed by atoms with van der Waals surface area (Å²) in [5.74, 6) is -0.862. The van der Waals surface area contributed by atoms with Crippen molar-refractivity contribution in [3.05, 3.63) is 101 Å². The predicted molar refractivity (Wildman–Crippen MR) is 134 cm³/mol. The van der Waals surface area contributed by atoms with Crippen LogP contribution in [-0.4, -0.2) is 36.7 Å². The zero-order valence-corrected chi connectivity index (χ0v) is 20.1. The molecule has 0 spiro atoms. The molecule has 2 N–H and O–H groups in total. The van der Waals surface area contributed by atoms with E-state index >= 15 is 0 Å². The van der Waals surface area contributed by atoms with Crippen LogP contribution in [-0.2, 0) is 13.0 Å². The minimum Gasteiger partial charge on any atom is -0.351 e. The summed E-state index contributed by atoms with van der Waals surface area (Å²) < 4.78 is 29.0. The summed E-state index contributed by atoms with van der Waals surface area (Å²) in [7, 11) is 0. The highest BCUT2D eigenvalue weighted by atomic mass is 35.5. The van der Waals surface area contributed by atoms with E-state index in [2.05, 4.69) is 6.92 Å². The molecule has 0 aliphatic heterocycles. The van der Waals surface area contributed by atoms with Gasteiger partial charge in [0, 0.05) is 35.7 Å². The number of halogens is 3. The van der Waals surface area contributed by atoms with Crippen LogP contribution >= 0.6 is 11.6 Å². The number of anilines is 1. The highest BCUT2D eigenvalue weighted by Gasteiger charge is 2.28. The van der Waals surface area contributed by atoms with Crippen molar-refractivity contribution in [2.24, 2.45) is 5.73 Å². The van der Waals surface area contributed by atoms with Crippen LogP contribution in [0.15, 0.2) is 72.8 Å². The summed E-state index contributed by atoms with van der Waals surface area (Å²) in [5.41, 5.74) is 7.86. The van der Waals surface area contributed by atoms with Gasteiger partial charge in [-0.05, 0) is 55.0 Å². The third-order valence-corrected chi connectivity index (χ3v) is 6.57. The van der Waals surface area contributed by atoms with E-state index in [0.29, 0.717) is 41.1 Å². The number of para-hydroxylation sites is 1. The van der Waals surface area contributed by atoms with Gasteiger partial charge in [-0.25, -0.2) is 13.6 Å². The zero-order chi connectivity index (χ0) is 24.6. The summed E-state index contributed by atoms with van der Waals surface area (Å²) >= 11 is 6.02. The standard InChI is InChI=1S/C27H30ClF2N3O/c1-2-33(18-15-21-9-11-23(28)12-10-21,20-22-19-24(29)13-14-26(22)30)17-6-16-32(27(31)34)25-7-4-3-5-8-25/h3-5,7-14,19H,2,6,15-18,20H2,1H3,(H-,31,34)/p+1. The molecule has 3 aromatic carbocycles. The normalized spacial score (nSPS) is 12.8. The Balaban J connectivity index is 1.79. The number of hydrogen-bond donors (Lipinski definition) is 1. The lowest BCUT2D eigenvalue weighted by Gasteiger charge is -2.39. The first-order valence-electron chi connectivity index (χ1n) is 11.5. The number of primary amides is 1. The molecular formula is C27H31ClF2N3O+. The van der Waals surface area contributed by atoms with Gasteiger partial charge in [-0.2, -0.15) is 0 Å². The molecule has 1 unspecified atom stereocenters. The molecule has 0 saturated heterocycles. The van der Waals surface area contributed by atoms with Gasteiger partial charge >= 0.3 is 6.03 Å². The SMILES string of the molecule is CC[N+](CCCN(C(N)=O)c1ccccc1)(CCc1ccc(Cl)cc1)Cc1cc(F)ccc1F. The quantitative estimate of drug-likeness (QED) is 0.323. The summed E-state index contributed by atoms with van der Waals surface area (Å²) in [4.78, 5) is 13.6. The second kappa shape index (κ2) is 12.0. The van der Waals surface area contributed by atoms with Crippen LogP contribution < -0.4 is 10.6 Å². The van der Waals surface area contributed by atoms with Crippen LogP contribution in [0.2, 0.25) is 5.02 Å². The molecule has 1 atom stereocenters. The van der Waals surface area contributed by atoms with Crippen molar-refractivity contribution in [2.75, 3.05) is 31.1 Å². The molecule has 0 fully saturated rings. The molecule has 2 amide bonds. The van der Waals surface area contributed by atoms with Crippen LogP contribution in [0.3, 0.4) is 0 Å². The smallest absolute Gasteiger partial charge is 0.319 e. The zero-order valence-electron chi connectivity index (χ0n) is 19.4. The maximum atomic E-state index is 14.6. The van der Waals surface area contributed by atoms with Gasteiger partial charge in [-0.3, -0.25) is 4.90 Å². The van der Waals surface area contributed by atoms with Gasteiger partial charge in [0.2, 0.25) is 0 Å². The molecule has 0 aromatic heterocycles. The minimum absolute atomic E-state index is 0.354. The number of benzene rings is 3. The summed E-state index contributed by atoms with van der Waals surface area (Å²) in [6, 6.07) is 20.0. The summed E-state index contributed by atoms with van der Waals surface area (Å²) in [5, 5.41) is 0.675. The summed E-state index contributed by atoms with van der Waals surface area (Å²) in [6.45, 7) is 4.99. The van der Waals surface area contributed by atoms with Gasteiger partial charge in [-0.1, -0.05) is 41.9 Å². The molecule has 3 aromatic rings. The molecule has 3 rings (SSSR count). The third-order valence-electron chi connectivity index (χ3n) is 6.32. The van der Waals surface area contributed by atoms with Gasteiger partial charge in [-0.15, -0.1) is 0 Å². The maximum Gasteiger partial charge on any atom is 0.319 e. The van der Waals surface area contributed by atoms with Crippen molar-refractivity contribution in [1.29, 1.82) is 0 Å². The lowest BCUT2D eigenvalue weighted by atomic mass is 10.1. The Morgan fingerprint density at radius 2 is 1.71 bits per heavy atom. The topological polar surface area (TPSA) is 46.3 Å². The van der Waals surface area contributed by atoms with Crippen LogP contribution in [0.1, 0.15) is 24.5 Å². The van der Waals surface area contributed by atoms with Gasteiger partial charge in [0.05, 0.1) is 19.6 Å². The molecule has 4 nitrogen and oxygen atoms in total. The summed E-state index contributed by atoms with van der Waals surface area (Å²) in [6.07, 6.45) is 1.42. The first-order valence-corrected chi connectivity index (χ1v) is 11.9. The first-order chi connectivity index (χ1) is 16.3. The Morgan fingerprint density at radius 3 is 2.35 bits per heavy atom. The Hall–Kier alpha value is -2.96. The number of nitrogens with zero attached hydrogens (tertiary/aromatic N) is 2. The number of carbonyl (C=O) groups is 1. The van der Waals surface area contributed by atoms with Gasteiger partial charge in [0.1, 0.15) is 18.2 Å². The number of hydrogen-bond acceptors (Lipinski definition) is 1. The second-order valence-electron chi connectivity index (χ2n) is 8.55. The highest BCUT2D eigenvalue weighted by Crippen LogP contribution is 2.22. The molecule has 0 bridgehead atoms. The maximum absolute atomic E-state index is 14.6. The molecule has 34 heavy (non-hydrogen) atoms. The predicted octanol–water partition coefficient (Wildman–Crippen LogP) is 6.17. The molecule has 7 heteroatoms. The number of quaternary nitrogens is 1. The van der Waals surface area contributed by atoms with E-state index in [9.17, 15) is 13.6 Å². The number of urea groups is 1. The fourth-order valence-electron chi connectivity index (χ4n) is 4.28. The van der Waals surface area contributed by atoms with Crippen molar-refractivity contribution < 1.29 is 18.1 Å². The van der Waals surface area contributed by atoms with Gasteiger partial charge < -0.3 is 10.2 Å². The fraction of sp³-hybridized carbons (Fsp3) is 0.296. The van der Waals surface area contributed by atoms with E-state index in [1.165, 1.54) is 12.1 Å². The first kappa shape index (κ1) is 25.7. The molecule has 180 valence electrons. The number of rotatable bonds is 11. The fourth-order valence-corrected chi connectivity index (χ4v) is 4.41. The Morgan fingerprint density at radius 1 is 1.00 bits per heavy atom.